The smallest absolute Gasteiger partial charge is 0.255 e. The van der Waals surface area contributed by atoms with Crippen LogP contribution < -0.4 is 19.9 Å². The lowest BCUT2D eigenvalue weighted by Crippen LogP contribution is -2.49. The second-order valence-corrected chi connectivity index (χ2v) is 17.5. The lowest BCUT2D eigenvalue weighted by Gasteiger charge is -2.49. The van der Waals surface area contributed by atoms with Gasteiger partial charge in [-0.3, -0.25) is 19.2 Å². The molecular weight excluding hydrogens is 793 g/mol. The van der Waals surface area contributed by atoms with Gasteiger partial charge >= 0.3 is 0 Å². The third kappa shape index (κ3) is 7.40. The molecular formula is C50H56N8O5. The number of nitrogens with one attached hydrogen (secondary N) is 1. The van der Waals surface area contributed by atoms with Crippen LogP contribution in [-0.2, 0) is 58.6 Å². The van der Waals surface area contributed by atoms with E-state index in [0.717, 1.165) is 117 Å². The first-order valence-electron chi connectivity index (χ1n) is 22.9. The number of hydrogen-bond acceptors (Lipinski definition) is 10. The molecule has 4 aromatic rings. The van der Waals surface area contributed by atoms with Gasteiger partial charge in [0.1, 0.15) is 17.0 Å². The largest absolute Gasteiger partial charge is 0.456 e. The number of nitrogens with zero attached hydrogens (tertiary/aromatic N) is 7. The van der Waals surface area contributed by atoms with E-state index in [1.54, 1.807) is 10.9 Å². The van der Waals surface area contributed by atoms with Gasteiger partial charge in [-0.05, 0) is 86.3 Å². The normalized spacial score (nSPS) is 17.3. The zero-order chi connectivity index (χ0) is 42.9. The maximum absolute atomic E-state index is 14.9. The molecule has 0 unspecified atom stereocenters. The van der Waals surface area contributed by atoms with E-state index in [1.165, 1.54) is 33.6 Å². The number of aromatic nitrogens is 3. The van der Waals surface area contributed by atoms with Crippen molar-refractivity contribution in [1.29, 1.82) is 0 Å². The van der Waals surface area contributed by atoms with Crippen LogP contribution in [0.1, 0.15) is 87.1 Å². The van der Waals surface area contributed by atoms with E-state index < -0.39 is 5.54 Å². The van der Waals surface area contributed by atoms with Gasteiger partial charge in [0.05, 0.1) is 51.8 Å². The predicted molar refractivity (Wildman–Crippen MR) is 240 cm³/mol. The number of rotatable bonds is 16. The minimum absolute atomic E-state index is 0.0250. The summed E-state index contributed by atoms with van der Waals surface area (Å²) in [6, 6.07) is 13.1. The number of benzene rings is 3. The Balaban J connectivity index is 0.824. The fourth-order valence-electron chi connectivity index (χ4n) is 11.2. The van der Waals surface area contributed by atoms with Crippen molar-refractivity contribution in [2.24, 2.45) is 0 Å². The van der Waals surface area contributed by atoms with E-state index in [-0.39, 0.29) is 18.2 Å². The molecule has 1 N–H and O–H groups in total. The Morgan fingerprint density at radius 2 is 1.43 bits per heavy atom. The summed E-state index contributed by atoms with van der Waals surface area (Å²) in [5.74, 6) is 7.05. The van der Waals surface area contributed by atoms with Gasteiger partial charge < -0.3 is 34.2 Å². The molecule has 0 fully saturated rings. The summed E-state index contributed by atoms with van der Waals surface area (Å²) in [6.45, 7) is 8.26. The van der Waals surface area contributed by atoms with E-state index in [9.17, 15) is 9.59 Å². The third-order valence-electron chi connectivity index (χ3n) is 13.7. The fraction of sp³-hybridized carbons (Fsp3) is 0.480. The summed E-state index contributed by atoms with van der Waals surface area (Å²) >= 11 is 0. The summed E-state index contributed by atoms with van der Waals surface area (Å²) < 4.78 is 21.1. The number of anilines is 2. The molecule has 7 heterocycles. The van der Waals surface area contributed by atoms with Crippen molar-refractivity contribution < 1.29 is 23.8 Å². The number of fused-ring (bicyclic) bond motifs is 8. The molecule has 0 saturated carbocycles. The number of carbonyl (C=O) groups excluding carboxylic acids is 2. The molecule has 13 heteroatoms. The van der Waals surface area contributed by atoms with Gasteiger partial charge in [-0.1, -0.05) is 35.3 Å². The van der Waals surface area contributed by atoms with Crippen LogP contribution in [0, 0.1) is 24.7 Å². The molecule has 6 aliphatic rings. The summed E-state index contributed by atoms with van der Waals surface area (Å²) in [6.07, 6.45) is 21.4. The van der Waals surface area contributed by atoms with Crippen molar-refractivity contribution in [1.82, 2.24) is 30.1 Å². The summed E-state index contributed by atoms with van der Waals surface area (Å²) in [5.41, 5.74) is 12.0. The van der Waals surface area contributed by atoms with Crippen molar-refractivity contribution in [3.63, 3.8) is 0 Å². The molecule has 3 aromatic carbocycles. The second kappa shape index (κ2) is 17.7. The molecule has 0 atom stereocenters. The number of amides is 2. The van der Waals surface area contributed by atoms with Gasteiger partial charge in [0.25, 0.3) is 5.91 Å². The lowest BCUT2D eigenvalue weighted by atomic mass is 9.70. The van der Waals surface area contributed by atoms with Crippen molar-refractivity contribution in [3.05, 3.63) is 92.8 Å². The van der Waals surface area contributed by atoms with E-state index in [0.29, 0.717) is 65.7 Å². The second-order valence-electron chi connectivity index (χ2n) is 17.5. The SMILES string of the molecule is C#CCN(CC#C)Cc1cn(CCC(=O)NCCOCCOCCN2C(=O)c3ccccc3C23c2cc4c5c(c2Oc2c3cc3c6c2CCCN6CCC3)CCCN5CCC4)nn1. The Morgan fingerprint density at radius 3 is 2.08 bits per heavy atom. The van der Waals surface area contributed by atoms with E-state index >= 15 is 0 Å². The topological polar surface area (TPSA) is 118 Å². The highest BCUT2D eigenvalue weighted by Gasteiger charge is 2.58. The first-order chi connectivity index (χ1) is 31.0. The highest BCUT2D eigenvalue weighted by molar-refractivity contribution is 6.03. The quantitative estimate of drug-likeness (QED) is 0.124. The zero-order valence-corrected chi connectivity index (χ0v) is 36.1. The molecule has 0 bridgehead atoms. The van der Waals surface area contributed by atoms with Crippen LogP contribution in [-0.4, -0.2) is 115 Å². The third-order valence-corrected chi connectivity index (χ3v) is 13.7. The Morgan fingerprint density at radius 1 is 0.810 bits per heavy atom. The minimum Gasteiger partial charge on any atom is -0.456 e. The average molecular weight is 849 g/mol. The maximum Gasteiger partial charge on any atom is 0.255 e. The van der Waals surface area contributed by atoms with Crippen LogP contribution in [0.25, 0.3) is 0 Å². The number of carbonyl (C=O) groups is 2. The molecule has 1 aromatic heterocycles. The van der Waals surface area contributed by atoms with Crippen molar-refractivity contribution in [2.75, 3.05) is 88.6 Å². The van der Waals surface area contributed by atoms with Crippen molar-refractivity contribution in [3.8, 4) is 36.2 Å². The Kier molecular flexibility index (Phi) is 11.6. The Bertz CT molecular complexity index is 2400. The highest BCUT2D eigenvalue weighted by Crippen LogP contribution is 2.62. The van der Waals surface area contributed by atoms with Gasteiger partial charge in [0.2, 0.25) is 5.91 Å². The molecule has 2 amide bonds. The maximum atomic E-state index is 14.9. The van der Waals surface area contributed by atoms with E-state index in [4.69, 9.17) is 27.1 Å². The Hall–Kier alpha value is -5.86. The van der Waals surface area contributed by atoms with Crippen molar-refractivity contribution in [2.45, 2.75) is 76.4 Å². The molecule has 326 valence electrons. The van der Waals surface area contributed by atoms with Crippen LogP contribution in [0.4, 0.5) is 11.4 Å². The van der Waals surface area contributed by atoms with Crippen LogP contribution >= 0.6 is 0 Å². The summed E-state index contributed by atoms with van der Waals surface area (Å²) in [7, 11) is 0. The van der Waals surface area contributed by atoms with Gasteiger partial charge in [-0.25, -0.2) is 0 Å². The lowest BCUT2D eigenvalue weighted by molar-refractivity contribution is -0.121. The van der Waals surface area contributed by atoms with E-state index in [1.807, 2.05) is 17.0 Å². The monoisotopic (exact) mass is 848 g/mol. The molecule has 0 radical (unpaired) electrons. The summed E-state index contributed by atoms with van der Waals surface area (Å²) in [4.78, 5) is 36.7. The number of hydrogen-bond donors (Lipinski definition) is 1. The Labute approximate surface area is 370 Å². The molecule has 6 aliphatic heterocycles. The number of ether oxygens (including phenoxy) is 3. The zero-order valence-electron chi connectivity index (χ0n) is 36.1. The van der Waals surface area contributed by atoms with Gasteiger partial charge in [-0.15, -0.1) is 17.9 Å². The van der Waals surface area contributed by atoms with Gasteiger partial charge in [0, 0.05) is 97.6 Å². The van der Waals surface area contributed by atoms with Crippen LogP contribution in [0.5, 0.6) is 11.5 Å². The number of aryl methyl sites for hydroxylation is 3. The predicted octanol–water partition coefficient (Wildman–Crippen LogP) is 4.84. The van der Waals surface area contributed by atoms with Crippen LogP contribution in [0.3, 0.4) is 0 Å². The first kappa shape index (κ1) is 41.2. The van der Waals surface area contributed by atoms with Gasteiger partial charge in [0.15, 0.2) is 0 Å². The fourth-order valence-corrected chi connectivity index (χ4v) is 11.2. The highest BCUT2D eigenvalue weighted by atomic mass is 16.5. The average Bonchev–Trinajstić information content (AvgIpc) is 3.85. The molecule has 13 nitrogen and oxygen atoms in total. The number of terminal acetylenes is 2. The molecule has 0 aliphatic carbocycles. The minimum atomic E-state index is -0.854. The van der Waals surface area contributed by atoms with Crippen molar-refractivity contribution >= 4 is 23.2 Å². The molecule has 1 spiro atoms. The standard InChI is InChI=1S/C50H56N8O5/c1-3-19-54(20-4-2)33-37-34-57(53-52-37)25-17-44(59)51-18-27-61-29-30-62-28-26-58-49(60)38-13-5-6-16-41(38)50(58)42-31-35-11-7-21-55-23-9-14-39(45(35)55)47(42)63-48-40-15-10-24-56-22-8-12-36(46(40)56)32-43(48)50/h1-2,5-6,13,16,31-32,34H,7-12,14-15,17-30,33H2,(H,51,59). The van der Waals surface area contributed by atoms with Gasteiger partial charge in [-0.2, -0.15) is 0 Å². The molecule has 10 rings (SSSR count). The molecule has 63 heavy (non-hydrogen) atoms. The summed E-state index contributed by atoms with van der Waals surface area (Å²) in [5, 5.41) is 11.2. The molecule has 0 saturated heterocycles. The van der Waals surface area contributed by atoms with E-state index in [2.05, 4.69) is 66.4 Å². The van der Waals surface area contributed by atoms with Crippen LogP contribution in [0.15, 0.2) is 42.6 Å². The first-order valence-corrected chi connectivity index (χ1v) is 22.9. The van der Waals surface area contributed by atoms with Crippen LogP contribution in [0.2, 0.25) is 0 Å².